The summed E-state index contributed by atoms with van der Waals surface area (Å²) in [7, 11) is 3.60. The van der Waals surface area contributed by atoms with Crippen molar-refractivity contribution in [1.29, 1.82) is 0 Å². The van der Waals surface area contributed by atoms with Crippen LogP contribution in [-0.4, -0.2) is 77.1 Å². The first-order valence-electron chi connectivity index (χ1n) is 8.59. The highest BCUT2D eigenvalue weighted by molar-refractivity contribution is 5.79. The lowest BCUT2D eigenvalue weighted by Gasteiger charge is -2.32. The van der Waals surface area contributed by atoms with Crippen molar-refractivity contribution >= 4 is 5.96 Å². The molecule has 0 aromatic carbocycles. The topological polar surface area (TPSA) is 58.1 Å². The Morgan fingerprint density at radius 2 is 2.00 bits per heavy atom. The van der Waals surface area contributed by atoms with Gasteiger partial charge in [-0.05, 0) is 44.7 Å². The minimum Gasteiger partial charge on any atom is -0.383 e. The van der Waals surface area contributed by atoms with Crippen LogP contribution in [0.5, 0.6) is 0 Å². The Morgan fingerprint density at radius 1 is 1.23 bits per heavy atom. The number of rotatable bonds is 7. The van der Waals surface area contributed by atoms with E-state index < -0.39 is 0 Å². The van der Waals surface area contributed by atoms with E-state index in [-0.39, 0.29) is 0 Å². The second-order valence-corrected chi connectivity index (χ2v) is 6.25. The number of nitrogens with zero attached hydrogens (tertiary/aromatic N) is 2. The number of hydrogen-bond donors (Lipinski definition) is 2. The molecule has 128 valence electrons. The maximum Gasteiger partial charge on any atom is 0.191 e. The molecule has 0 aromatic heterocycles. The van der Waals surface area contributed by atoms with Gasteiger partial charge >= 0.3 is 0 Å². The molecule has 22 heavy (non-hydrogen) atoms. The highest BCUT2D eigenvalue weighted by atomic mass is 16.5. The van der Waals surface area contributed by atoms with E-state index in [0.29, 0.717) is 6.10 Å². The summed E-state index contributed by atoms with van der Waals surface area (Å²) >= 11 is 0. The zero-order valence-corrected chi connectivity index (χ0v) is 14.1. The minimum absolute atomic E-state index is 0.350. The molecule has 2 heterocycles. The summed E-state index contributed by atoms with van der Waals surface area (Å²) in [6.07, 6.45) is 5.19. The average molecular weight is 312 g/mol. The molecule has 0 radical (unpaired) electrons. The van der Waals surface area contributed by atoms with E-state index in [0.717, 1.165) is 51.1 Å². The van der Waals surface area contributed by atoms with Gasteiger partial charge in [-0.3, -0.25) is 4.99 Å². The molecular weight excluding hydrogens is 280 g/mol. The Hall–Kier alpha value is -0.850. The number of hydrogen-bond acceptors (Lipinski definition) is 4. The molecule has 0 saturated carbocycles. The molecule has 2 aliphatic rings. The third-order valence-electron chi connectivity index (χ3n) is 4.62. The van der Waals surface area contributed by atoms with Crippen molar-refractivity contribution in [3.63, 3.8) is 0 Å². The molecule has 0 amide bonds. The van der Waals surface area contributed by atoms with Gasteiger partial charge in [0.2, 0.25) is 0 Å². The van der Waals surface area contributed by atoms with Gasteiger partial charge in [-0.2, -0.15) is 0 Å². The van der Waals surface area contributed by atoms with Crippen molar-refractivity contribution in [1.82, 2.24) is 15.5 Å². The van der Waals surface area contributed by atoms with Gasteiger partial charge in [0.1, 0.15) is 0 Å². The van der Waals surface area contributed by atoms with E-state index in [2.05, 4.69) is 20.5 Å². The van der Waals surface area contributed by atoms with Crippen molar-refractivity contribution < 1.29 is 9.47 Å². The Bertz CT molecular complexity index is 324. The zero-order valence-electron chi connectivity index (χ0n) is 14.1. The maximum atomic E-state index is 5.63. The predicted octanol–water partition coefficient (Wildman–Crippen LogP) is 0.689. The number of aliphatic imine (C=N–C) groups is 1. The molecule has 1 unspecified atom stereocenters. The van der Waals surface area contributed by atoms with Crippen molar-refractivity contribution in [2.24, 2.45) is 10.9 Å². The quantitative estimate of drug-likeness (QED) is 0.535. The lowest BCUT2D eigenvalue weighted by Crippen LogP contribution is -2.45. The predicted molar refractivity (Wildman–Crippen MR) is 89.4 cm³/mol. The fourth-order valence-electron chi connectivity index (χ4n) is 3.11. The third-order valence-corrected chi connectivity index (χ3v) is 4.62. The summed E-state index contributed by atoms with van der Waals surface area (Å²) in [6, 6.07) is 0. The molecular formula is C16H32N4O2. The van der Waals surface area contributed by atoms with Gasteiger partial charge in [-0.25, -0.2) is 0 Å². The monoisotopic (exact) mass is 312 g/mol. The molecule has 0 aliphatic carbocycles. The lowest BCUT2D eigenvalue weighted by atomic mass is 9.97. The fourth-order valence-corrected chi connectivity index (χ4v) is 3.11. The summed E-state index contributed by atoms with van der Waals surface area (Å²) in [4.78, 5) is 6.79. The van der Waals surface area contributed by atoms with Crippen LogP contribution in [0.4, 0.5) is 0 Å². The Morgan fingerprint density at radius 3 is 2.64 bits per heavy atom. The summed E-state index contributed by atoms with van der Waals surface area (Å²) < 4.78 is 10.8. The van der Waals surface area contributed by atoms with E-state index in [1.807, 2.05) is 7.05 Å². The van der Waals surface area contributed by atoms with E-state index in [9.17, 15) is 0 Å². The van der Waals surface area contributed by atoms with Crippen LogP contribution in [0.3, 0.4) is 0 Å². The van der Waals surface area contributed by atoms with Crippen LogP contribution in [0, 0.1) is 5.92 Å². The van der Waals surface area contributed by atoms with Crippen LogP contribution in [0.2, 0.25) is 0 Å². The Kier molecular flexibility index (Phi) is 7.98. The van der Waals surface area contributed by atoms with E-state index in [1.54, 1.807) is 7.11 Å². The van der Waals surface area contributed by atoms with E-state index in [1.165, 1.54) is 32.4 Å². The van der Waals surface area contributed by atoms with Gasteiger partial charge in [0.25, 0.3) is 0 Å². The van der Waals surface area contributed by atoms with E-state index in [4.69, 9.17) is 9.47 Å². The number of nitrogens with one attached hydrogen (secondary N) is 2. The normalized spacial score (nSPS) is 24.6. The summed E-state index contributed by atoms with van der Waals surface area (Å²) in [6.45, 7) is 7.01. The van der Waals surface area contributed by atoms with Crippen LogP contribution in [0.25, 0.3) is 0 Å². The summed E-state index contributed by atoms with van der Waals surface area (Å²) in [5.41, 5.74) is 0. The van der Waals surface area contributed by atoms with Gasteiger partial charge in [0.15, 0.2) is 5.96 Å². The highest BCUT2D eigenvalue weighted by Gasteiger charge is 2.19. The molecule has 6 heteroatoms. The van der Waals surface area contributed by atoms with Crippen LogP contribution in [-0.2, 0) is 9.47 Å². The smallest absolute Gasteiger partial charge is 0.191 e. The molecule has 0 bridgehead atoms. The molecule has 2 aliphatic heterocycles. The molecule has 0 spiro atoms. The zero-order chi connectivity index (χ0) is 15.6. The highest BCUT2D eigenvalue weighted by Crippen LogP contribution is 2.16. The van der Waals surface area contributed by atoms with Crippen LogP contribution < -0.4 is 10.6 Å². The first-order valence-corrected chi connectivity index (χ1v) is 8.59. The molecule has 0 aromatic rings. The molecule has 2 fully saturated rings. The summed E-state index contributed by atoms with van der Waals surface area (Å²) in [5.74, 6) is 1.64. The van der Waals surface area contributed by atoms with Gasteiger partial charge in [-0.1, -0.05) is 0 Å². The standard InChI is InChI=1S/C16H32N4O2/c1-17-16(19-13-15-4-3-10-22-15)18-12-14-5-7-20(8-6-14)9-11-21-2/h14-15H,3-13H2,1-2H3,(H2,17,18,19). The molecule has 2 rings (SSSR count). The van der Waals surface area contributed by atoms with Crippen LogP contribution in [0.1, 0.15) is 25.7 Å². The largest absolute Gasteiger partial charge is 0.383 e. The van der Waals surface area contributed by atoms with Crippen molar-refractivity contribution in [2.75, 3.05) is 60.1 Å². The Balaban J connectivity index is 1.58. The van der Waals surface area contributed by atoms with Crippen molar-refractivity contribution in [2.45, 2.75) is 31.8 Å². The van der Waals surface area contributed by atoms with Crippen LogP contribution in [0.15, 0.2) is 4.99 Å². The van der Waals surface area contributed by atoms with Gasteiger partial charge in [0, 0.05) is 40.4 Å². The first-order chi connectivity index (χ1) is 10.8. The number of ether oxygens (including phenoxy) is 2. The maximum absolute atomic E-state index is 5.63. The number of guanidine groups is 1. The van der Waals surface area contributed by atoms with Crippen molar-refractivity contribution in [3.8, 4) is 0 Å². The first kappa shape index (κ1) is 17.5. The van der Waals surface area contributed by atoms with E-state index >= 15 is 0 Å². The minimum atomic E-state index is 0.350. The fraction of sp³-hybridized carbons (Fsp3) is 0.938. The van der Waals surface area contributed by atoms with Crippen molar-refractivity contribution in [3.05, 3.63) is 0 Å². The van der Waals surface area contributed by atoms with Gasteiger partial charge in [-0.15, -0.1) is 0 Å². The number of piperidine rings is 1. The second kappa shape index (κ2) is 10.0. The average Bonchev–Trinajstić information content (AvgIpc) is 3.07. The van der Waals surface area contributed by atoms with Crippen LogP contribution >= 0.6 is 0 Å². The lowest BCUT2D eigenvalue weighted by molar-refractivity contribution is 0.113. The Labute approximate surface area is 134 Å². The molecule has 2 N–H and O–H groups in total. The second-order valence-electron chi connectivity index (χ2n) is 6.25. The third kappa shape index (κ3) is 6.10. The molecule has 6 nitrogen and oxygen atoms in total. The van der Waals surface area contributed by atoms with Gasteiger partial charge < -0.3 is 25.0 Å². The number of likely N-dealkylation sites (tertiary alicyclic amines) is 1. The SMILES string of the molecule is CN=C(NCC1CCN(CCOC)CC1)NCC1CCCO1. The van der Waals surface area contributed by atoms with Gasteiger partial charge in [0.05, 0.1) is 12.7 Å². The molecule has 2 saturated heterocycles. The number of methoxy groups -OCH3 is 1. The summed E-state index contributed by atoms with van der Waals surface area (Å²) in [5, 5.41) is 6.84. The molecule has 1 atom stereocenters.